The first kappa shape index (κ1) is 17.0. The highest BCUT2D eigenvalue weighted by Crippen LogP contribution is 2.19. The van der Waals surface area contributed by atoms with Crippen LogP contribution in [0.1, 0.15) is 22.5 Å². The second-order valence-electron chi connectivity index (χ2n) is 5.46. The summed E-state index contributed by atoms with van der Waals surface area (Å²) in [5.41, 5.74) is 2.42. The molecule has 0 spiro atoms. The molecule has 130 valence electrons. The molecule has 0 bridgehead atoms. The number of nitrogens with one attached hydrogen (secondary N) is 2. The van der Waals surface area contributed by atoms with Gasteiger partial charge in [0.2, 0.25) is 5.82 Å². The van der Waals surface area contributed by atoms with Crippen LogP contribution in [0.3, 0.4) is 0 Å². The van der Waals surface area contributed by atoms with Gasteiger partial charge in [-0.1, -0.05) is 19.1 Å². The first-order chi connectivity index (χ1) is 12.0. The maximum atomic E-state index is 12.1. The average Bonchev–Trinajstić information content (AvgIpc) is 3.19. The number of tetrazole rings is 1. The normalized spacial score (nSPS) is 10.7. The number of urea groups is 1. The van der Waals surface area contributed by atoms with Crippen molar-refractivity contribution in [3.63, 3.8) is 0 Å². The van der Waals surface area contributed by atoms with Crippen LogP contribution in [-0.4, -0.2) is 31.2 Å². The van der Waals surface area contributed by atoms with E-state index in [0.717, 1.165) is 27.6 Å². The monoisotopic (exact) mass is 357 g/mol. The third-order valence-electron chi connectivity index (χ3n) is 3.54. The molecule has 8 nitrogen and oxygen atoms in total. The summed E-state index contributed by atoms with van der Waals surface area (Å²) in [6.07, 6.45) is 0.904. The lowest BCUT2D eigenvalue weighted by molar-refractivity contribution is 0.252. The van der Waals surface area contributed by atoms with E-state index in [1.54, 1.807) is 18.4 Å². The number of thiazole rings is 1. The molecule has 2 amide bonds. The minimum atomic E-state index is -0.268. The number of benzene rings is 1. The molecule has 0 unspecified atom stereocenters. The average molecular weight is 357 g/mol. The van der Waals surface area contributed by atoms with Gasteiger partial charge in [-0.05, 0) is 30.7 Å². The van der Waals surface area contributed by atoms with E-state index in [1.165, 1.54) is 4.80 Å². The Balaban J connectivity index is 1.62. The van der Waals surface area contributed by atoms with Crippen molar-refractivity contribution in [3.05, 3.63) is 39.8 Å². The summed E-state index contributed by atoms with van der Waals surface area (Å²) in [5.74, 6) is 0.513. The number of carbonyl (C=O) groups is 1. The van der Waals surface area contributed by atoms with Gasteiger partial charge in [-0.3, -0.25) is 0 Å². The lowest BCUT2D eigenvalue weighted by Crippen LogP contribution is -2.28. The molecule has 1 aromatic carbocycles. The highest BCUT2D eigenvalue weighted by atomic mass is 32.1. The van der Waals surface area contributed by atoms with Crippen LogP contribution in [-0.2, 0) is 20.0 Å². The molecule has 0 saturated carbocycles. The van der Waals surface area contributed by atoms with Crippen molar-refractivity contribution >= 4 is 23.1 Å². The summed E-state index contributed by atoms with van der Waals surface area (Å²) in [6, 6.07) is 7.06. The second-order valence-corrected chi connectivity index (χ2v) is 6.63. The zero-order chi connectivity index (χ0) is 17.8. The zero-order valence-electron chi connectivity index (χ0n) is 14.3. The van der Waals surface area contributed by atoms with Gasteiger partial charge in [0.1, 0.15) is 0 Å². The molecule has 0 aliphatic rings. The van der Waals surface area contributed by atoms with E-state index < -0.39 is 0 Å². The van der Waals surface area contributed by atoms with Crippen molar-refractivity contribution < 1.29 is 4.79 Å². The Bertz CT molecular complexity index is 886. The van der Waals surface area contributed by atoms with Crippen molar-refractivity contribution in [1.29, 1.82) is 0 Å². The molecule has 3 rings (SSSR count). The molecule has 0 fully saturated rings. The van der Waals surface area contributed by atoms with E-state index in [4.69, 9.17) is 0 Å². The molecule has 3 aromatic rings. The highest BCUT2D eigenvalue weighted by molar-refractivity contribution is 7.11. The molecule has 0 aliphatic heterocycles. The maximum absolute atomic E-state index is 12.1. The zero-order valence-corrected chi connectivity index (χ0v) is 15.1. The number of nitrogens with zero attached hydrogens (tertiary/aromatic N) is 5. The van der Waals surface area contributed by atoms with Gasteiger partial charge in [-0.2, -0.15) is 4.80 Å². The molecule has 2 N–H and O–H groups in total. The Labute approximate surface area is 149 Å². The van der Waals surface area contributed by atoms with Crippen molar-refractivity contribution in [2.45, 2.75) is 26.8 Å². The van der Waals surface area contributed by atoms with Gasteiger partial charge in [0.25, 0.3) is 0 Å². The lowest BCUT2D eigenvalue weighted by atomic mass is 10.2. The number of hydrogen-bond acceptors (Lipinski definition) is 6. The first-order valence-corrected chi connectivity index (χ1v) is 8.71. The van der Waals surface area contributed by atoms with Crippen LogP contribution in [0.15, 0.2) is 24.3 Å². The summed E-state index contributed by atoms with van der Waals surface area (Å²) in [5, 5.41) is 18.7. The van der Waals surface area contributed by atoms with E-state index in [0.29, 0.717) is 18.1 Å². The molecule has 2 heterocycles. The van der Waals surface area contributed by atoms with Crippen molar-refractivity contribution in [2.24, 2.45) is 7.05 Å². The SMILES string of the molecule is CCc1nc(C)c(CNC(=O)Nc2cccc(-c3nnn(C)n3)c2)s1. The topological polar surface area (TPSA) is 97.6 Å². The van der Waals surface area contributed by atoms with Gasteiger partial charge in [0.15, 0.2) is 0 Å². The van der Waals surface area contributed by atoms with Crippen LogP contribution in [0.2, 0.25) is 0 Å². The number of aryl methyl sites for hydroxylation is 3. The van der Waals surface area contributed by atoms with Gasteiger partial charge >= 0.3 is 6.03 Å². The largest absolute Gasteiger partial charge is 0.333 e. The third kappa shape index (κ3) is 4.18. The summed E-state index contributed by atoms with van der Waals surface area (Å²) in [7, 11) is 1.71. The number of aromatic nitrogens is 5. The fraction of sp³-hybridized carbons (Fsp3) is 0.312. The van der Waals surface area contributed by atoms with Crippen LogP contribution in [0, 0.1) is 6.92 Å². The van der Waals surface area contributed by atoms with Gasteiger partial charge < -0.3 is 10.6 Å². The Hall–Kier alpha value is -2.81. The predicted octanol–water partition coefficient (Wildman–Crippen LogP) is 2.53. The maximum Gasteiger partial charge on any atom is 0.319 e. The fourth-order valence-corrected chi connectivity index (χ4v) is 3.22. The Morgan fingerprint density at radius 1 is 1.36 bits per heavy atom. The van der Waals surface area contributed by atoms with Crippen molar-refractivity contribution in [1.82, 2.24) is 30.5 Å². The Morgan fingerprint density at radius 2 is 2.20 bits per heavy atom. The second kappa shape index (κ2) is 7.39. The molecule has 0 radical (unpaired) electrons. The van der Waals surface area contributed by atoms with Crippen LogP contribution < -0.4 is 10.6 Å². The van der Waals surface area contributed by atoms with Crippen LogP contribution in [0.25, 0.3) is 11.4 Å². The summed E-state index contributed by atoms with van der Waals surface area (Å²) in [4.78, 5) is 19.1. The minimum absolute atomic E-state index is 0.268. The van der Waals surface area contributed by atoms with Gasteiger partial charge in [-0.15, -0.1) is 21.5 Å². The van der Waals surface area contributed by atoms with Crippen molar-refractivity contribution in [2.75, 3.05) is 5.32 Å². The fourth-order valence-electron chi connectivity index (χ4n) is 2.28. The molecule has 9 heteroatoms. The summed E-state index contributed by atoms with van der Waals surface area (Å²) >= 11 is 1.63. The van der Waals surface area contributed by atoms with E-state index in [9.17, 15) is 4.79 Å². The lowest BCUT2D eigenvalue weighted by Gasteiger charge is -2.07. The molecular formula is C16H19N7OS. The molecule has 25 heavy (non-hydrogen) atoms. The van der Waals surface area contributed by atoms with Gasteiger partial charge in [-0.25, -0.2) is 9.78 Å². The van der Waals surface area contributed by atoms with E-state index in [-0.39, 0.29) is 6.03 Å². The van der Waals surface area contributed by atoms with Crippen LogP contribution in [0.5, 0.6) is 0 Å². The van der Waals surface area contributed by atoms with E-state index >= 15 is 0 Å². The number of anilines is 1. The minimum Gasteiger partial charge on any atom is -0.333 e. The number of hydrogen-bond donors (Lipinski definition) is 2. The van der Waals surface area contributed by atoms with E-state index in [2.05, 4.69) is 38.0 Å². The smallest absolute Gasteiger partial charge is 0.319 e. The summed E-state index contributed by atoms with van der Waals surface area (Å²) in [6.45, 7) is 4.49. The van der Waals surface area contributed by atoms with Crippen molar-refractivity contribution in [3.8, 4) is 11.4 Å². The summed E-state index contributed by atoms with van der Waals surface area (Å²) < 4.78 is 0. The van der Waals surface area contributed by atoms with E-state index in [1.807, 2.05) is 31.2 Å². The Morgan fingerprint density at radius 3 is 2.88 bits per heavy atom. The molecule has 2 aromatic heterocycles. The highest BCUT2D eigenvalue weighted by Gasteiger charge is 2.09. The number of rotatable bonds is 5. The van der Waals surface area contributed by atoms with Gasteiger partial charge in [0.05, 0.1) is 24.3 Å². The molecule has 0 saturated heterocycles. The molecular weight excluding hydrogens is 338 g/mol. The number of amides is 2. The third-order valence-corrected chi connectivity index (χ3v) is 4.84. The number of carbonyl (C=O) groups excluding carboxylic acids is 1. The quantitative estimate of drug-likeness (QED) is 0.731. The van der Waals surface area contributed by atoms with Crippen LogP contribution >= 0.6 is 11.3 Å². The van der Waals surface area contributed by atoms with Crippen LogP contribution in [0.4, 0.5) is 10.5 Å². The standard InChI is InChI=1S/C16H19N7OS/c1-4-14-18-10(2)13(25-14)9-17-16(24)19-12-7-5-6-11(8-12)15-20-22-23(3)21-15/h5-8H,4,9H2,1-3H3,(H2,17,19,24). The molecule has 0 aliphatic carbocycles. The first-order valence-electron chi connectivity index (χ1n) is 7.89. The Kier molecular flexibility index (Phi) is 5.03. The van der Waals surface area contributed by atoms with Gasteiger partial charge in [0, 0.05) is 16.1 Å². The molecule has 0 atom stereocenters. The predicted molar refractivity (Wildman–Crippen MR) is 96.3 cm³/mol.